The van der Waals surface area contributed by atoms with Crippen LogP contribution in [-0.4, -0.2) is 73.0 Å². The molecule has 1 aliphatic rings. The number of aliphatic imine (C=N–C) groups is 1. The number of nitrogens with zero attached hydrogens (tertiary/aromatic N) is 5. The summed E-state index contributed by atoms with van der Waals surface area (Å²) in [6, 6.07) is 7.30. The fourth-order valence-electron chi connectivity index (χ4n) is 4.33. The second-order valence-electron chi connectivity index (χ2n) is 8.66. The Morgan fingerprint density at radius 1 is 1.19 bits per heavy atom. The molecule has 1 aromatic carbocycles. The molecule has 2 N–H and O–H groups in total. The van der Waals surface area contributed by atoms with Crippen LogP contribution in [0.4, 0.5) is 10.1 Å². The number of nitrogens with one attached hydrogen (secondary N) is 2. The standard InChI is InChI=1S/C24H38FN7/c1-18(17-21-19(2)29-30(5)20(21)3)28-24(26-4)27-11-8-12-31-13-15-32(16-14-31)23-10-7-6-9-22(23)25/h6-7,9-10,18H,8,11-17H2,1-5H3,(H2,26,27,28). The van der Waals surface area contributed by atoms with Crippen LogP contribution in [0.25, 0.3) is 0 Å². The molecular weight excluding hydrogens is 405 g/mol. The normalized spacial score (nSPS) is 16.3. The smallest absolute Gasteiger partial charge is 0.191 e. The highest BCUT2D eigenvalue weighted by atomic mass is 19.1. The number of halogens is 1. The van der Waals surface area contributed by atoms with Gasteiger partial charge in [0.25, 0.3) is 0 Å². The number of piperazine rings is 1. The van der Waals surface area contributed by atoms with Gasteiger partial charge in [-0.15, -0.1) is 0 Å². The number of rotatable bonds is 8. The quantitative estimate of drug-likeness (QED) is 0.373. The summed E-state index contributed by atoms with van der Waals surface area (Å²) in [6.07, 6.45) is 1.95. The van der Waals surface area contributed by atoms with Gasteiger partial charge in [0.05, 0.1) is 11.4 Å². The van der Waals surface area contributed by atoms with Crippen molar-refractivity contribution < 1.29 is 4.39 Å². The molecule has 0 bridgehead atoms. The van der Waals surface area contributed by atoms with Crippen LogP contribution < -0.4 is 15.5 Å². The molecule has 1 saturated heterocycles. The molecule has 1 atom stereocenters. The zero-order valence-electron chi connectivity index (χ0n) is 20.2. The molecule has 1 aliphatic heterocycles. The van der Waals surface area contributed by atoms with Gasteiger partial charge in [0, 0.05) is 58.6 Å². The highest BCUT2D eigenvalue weighted by molar-refractivity contribution is 5.79. The van der Waals surface area contributed by atoms with Crippen LogP contribution in [0.1, 0.15) is 30.3 Å². The summed E-state index contributed by atoms with van der Waals surface area (Å²) in [4.78, 5) is 8.97. The maximum Gasteiger partial charge on any atom is 0.191 e. The first-order valence-corrected chi connectivity index (χ1v) is 11.6. The molecule has 1 fully saturated rings. The summed E-state index contributed by atoms with van der Waals surface area (Å²) in [7, 11) is 3.80. The molecule has 2 heterocycles. The Bertz CT molecular complexity index is 900. The van der Waals surface area contributed by atoms with Crippen LogP contribution in [0.15, 0.2) is 29.3 Å². The molecule has 3 rings (SSSR count). The van der Waals surface area contributed by atoms with E-state index >= 15 is 0 Å². The van der Waals surface area contributed by atoms with Crippen molar-refractivity contribution in [1.29, 1.82) is 0 Å². The van der Waals surface area contributed by atoms with Crippen molar-refractivity contribution in [3.05, 3.63) is 47.0 Å². The van der Waals surface area contributed by atoms with E-state index in [-0.39, 0.29) is 11.9 Å². The van der Waals surface area contributed by atoms with Crippen molar-refractivity contribution in [2.75, 3.05) is 51.2 Å². The van der Waals surface area contributed by atoms with Crippen molar-refractivity contribution in [3.8, 4) is 0 Å². The molecule has 0 amide bonds. The number of benzene rings is 1. The number of hydrogen-bond donors (Lipinski definition) is 2. The third kappa shape index (κ3) is 6.22. The average Bonchev–Trinajstić information content (AvgIpc) is 3.02. The molecule has 8 heteroatoms. The molecule has 2 aromatic rings. The van der Waals surface area contributed by atoms with E-state index in [0.717, 1.165) is 69.5 Å². The zero-order chi connectivity index (χ0) is 23.1. The first-order valence-electron chi connectivity index (χ1n) is 11.6. The van der Waals surface area contributed by atoms with Gasteiger partial charge in [-0.25, -0.2) is 4.39 Å². The second-order valence-corrected chi connectivity index (χ2v) is 8.66. The minimum Gasteiger partial charge on any atom is -0.367 e. The largest absolute Gasteiger partial charge is 0.367 e. The Balaban J connectivity index is 1.35. The Labute approximate surface area is 191 Å². The highest BCUT2D eigenvalue weighted by Gasteiger charge is 2.19. The van der Waals surface area contributed by atoms with Crippen LogP contribution in [-0.2, 0) is 13.5 Å². The van der Waals surface area contributed by atoms with E-state index in [9.17, 15) is 4.39 Å². The number of aryl methyl sites for hydroxylation is 2. The molecule has 0 radical (unpaired) electrons. The fraction of sp³-hybridized carbons (Fsp3) is 0.583. The number of hydrogen-bond acceptors (Lipinski definition) is 4. The molecule has 32 heavy (non-hydrogen) atoms. The molecule has 0 saturated carbocycles. The van der Waals surface area contributed by atoms with E-state index in [1.807, 2.05) is 30.9 Å². The van der Waals surface area contributed by atoms with Crippen molar-refractivity contribution in [2.45, 2.75) is 39.7 Å². The van der Waals surface area contributed by atoms with Gasteiger partial charge in [-0.05, 0) is 57.9 Å². The van der Waals surface area contributed by atoms with Gasteiger partial charge >= 0.3 is 0 Å². The van der Waals surface area contributed by atoms with Gasteiger partial charge in [0.2, 0.25) is 0 Å². The van der Waals surface area contributed by atoms with E-state index in [1.165, 1.54) is 17.3 Å². The van der Waals surface area contributed by atoms with E-state index in [0.29, 0.717) is 0 Å². The lowest BCUT2D eigenvalue weighted by Crippen LogP contribution is -2.48. The number of guanidine groups is 1. The van der Waals surface area contributed by atoms with Crippen LogP contribution in [0, 0.1) is 19.7 Å². The van der Waals surface area contributed by atoms with Gasteiger partial charge < -0.3 is 15.5 Å². The summed E-state index contributed by atoms with van der Waals surface area (Å²) < 4.78 is 15.9. The topological polar surface area (TPSA) is 60.7 Å². The number of anilines is 1. The van der Waals surface area contributed by atoms with Gasteiger partial charge in [-0.2, -0.15) is 5.10 Å². The van der Waals surface area contributed by atoms with Gasteiger partial charge in [0.15, 0.2) is 5.96 Å². The van der Waals surface area contributed by atoms with Gasteiger partial charge in [-0.3, -0.25) is 14.6 Å². The maximum atomic E-state index is 14.0. The number of aromatic nitrogens is 2. The summed E-state index contributed by atoms with van der Waals surface area (Å²) in [5.74, 6) is 0.702. The first kappa shape index (κ1) is 24.0. The van der Waals surface area contributed by atoms with Crippen LogP contribution in [0.5, 0.6) is 0 Å². The monoisotopic (exact) mass is 443 g/mol. The number of para-hydroxylation sites is 1. The summed E-state index contributed by atoms with van der Waals surface area (Å²) in [5, 5.41) is 11.4. The average molecular weight is 444 g/mol. The lowest BCUT2D eigenvalue weighted by molar-refractivity contribution is 0.254. The lowest BCUT2D eigenvalue weighted by Gasteiger charge is -2.36. The van der Waals surface area contributed by atoms with Crippen LogP contribution in [0.3, 0.4) is 0 Å². The SMILES string of the molecule is CN=C(NCCCN1CCN(c2ccccc2F)CC1)NC(C)Cc1c(C)nn(C)c1C. The van der Waals surface area contributed by atoms with Crippen LogP contribution in [0.2, 0.25) is 0 Å². The van der Waals surface area contributed by atoms with Gasteiger partial charge in [-0.1, -0.05) is 12.1 Å². The minimum atomic E-state index is -0.132. The van der Waals surface area contributed by atoms with Crippen molar-refractivity contribution in [1.82, 2.24) is 25.3 Å². The molecule has 1 aromatic heterocycles. The zero-order valence-corrected chi connectivity index (χ0v) is 20.2. The molecule has 7 nitrogen and oxygen atoms in total. The molecule has 1 unspecified atom stereocenters. The summed E-state index contributed by atoms with van der Waals surface area (Å²) in [5.41, 5.74) is 4.33. The van der Waals surface area contributed by atoms with Crippen molar-refractivity contribution in [3.63, 3.8) is 0 Å². The maximum absolute atomic E-state index is 14.0. The Hall–Kier alpha value is -2.61. The third-order valence-corrected chi connectivity index (χ3v) is 6.28. The highest BCUT2D eigenvalue weighted by Crippen LogP contribution is 2.20. The fourth-order valence-corrected chi connectivity index (χ4v) is 4.33. The van der Waals surface area contributed by atoms with E-state index < -0.39 is 0 Å². The Kier molecular flexibility index (Phi) is 8.50. The van der Waals surface area contributed by atoms with E-state index in [2.05, 4.69) is 51.3 Å². The Morgan fingerprint density at radius 3 is 2.53 bits per heavy atom. The van der Waals surface area contributed by atoms with Crippen molar-refractivity contribution >= 4 is 11.6 Å². The van der Waals surface area contributed by atoms with E-state index in [4.69, 9.17) is 0 Å². The second kappa shape index (κ2) is 11.3. The summed E-state index contributed by atoms with van der Waals surface area (Å²) in [6.45, 7) is 11.9. The lowest BCUT2D eigenvalue weighted by atomic mass is 10.1. The third-order valence-electron chi connectivity index (χ3n) is 6.28. The molecular formula is C24H38FN7. The molecule has 176 valence electrons. The molecule has 0 spiro atoms. The Morgan fingerprint density at radius 2 is 1.91 bits per heavy atom. The van der Waals surface area contributed by atoms with Crippen LogP contribution >= 0.6 is 0 Å². The van der Waals surface area contributed by atoms with Crippen molar-refractivity contribution in [2.24, 2.45) is 12.0 Å². The van der Waals surface area contributed by atoms with Gasteiger partial charge in [0.1, 0.15) is 5.82 Å². The minimum absolute atomic E-state index is 0.132. The van der Waals surface area contributed by atoms with E-state index in [1.54, 1.807) is 6.07 Å². The predicted octanol–water partition coefficient (Wildman–Crippen LogP) is 2.48. The summed E-state index contributed by atoms with van der Waals surface area (Å²) >= 11 is 0. The predicted molar refractivity (Wildman–Crippen MR) is 130 cm³/mol. The first-order chi connectivity index (χ1) is 15.4. The molecule has 0 aliphatic carbocycles.